The Balaban J connectivity index is 1.72. The molecule has 1 saturated heterocycles. The molecule has 164 valence electrons. The zero-order chi connectivity index (χ0) is 22.1. The van der Waals surface area contributed by atoms with Gasteiger partial charge in [0.2, 0.25) is 5.91 Å². The number of nitrogens with zero attached hydrogens (tertiary/aromatic N) is 2. The molecule has 2 N–H and O–H groups in total. The van der Waals surface area contributed by atoms with Gasteiger partial charge in [0.05, 0.1) is 18.0 Å². The molecule has 0 spiro atoms. The number of aromatic nitrogens is 1. The fraction of sp³-hybridized carbons (Fsp3) is 0.440. The SMILES string of the molecule is C/C=C/c1ccc2n(c1=O)C[C@H]1[C@H](CO)[C@@H](C(=O)N[C@@H](C)c3ccccc3)[C@@H]2N1CC. The monoisotopic (exact) mass is 421 g/mol. The molecule has 2 aromatic rings. The van der Waals surface area contributed by atoms with E-state index in [9.17, 15) is 14.7 Å². The second-order valence-corrected chi connectivity index (χ2v) is 8.49. The number of nitrogens with one attached hydrogen (secondary N) is 1. The number of aliphatic hydroxyl groups excluding tert-OH is 1. The van der Waals surface area contributed by atoms with Crippen molar-refractivity contribution >= 4 is 12.0 Å². The lowest BCUT2D eigenvalue weighted by Crippen LogP contribution is -2.46. The third-order valence-corrected chi connectivity index (χ3v) is 6.87. The molecular weight excluding hydrogens is 390 g/mol. The van der Waals surface area contributed by atoms with Gasteiger partial charge in [-0.05, 0) is 38.1 Å². The van der Waals surface area contributed by atoms with Crippen LogP contribution in [0.3, 0.4) is 0 Å². The highest BCUT2D eigenvalue weighted by atomic mass is 16.3. The molecule has 6 heteroatoms. The molecule has 1 aromatic heterocycles. The van der Waals surface area contributed by atoms with Crippen LogP contribution in [0, 0.1) is 11.8 Å². The fourth-order valence-electron chi connectivity index (χ4n) is 5.41. The summed E-state index contributed by atoms with van der Waals surface area (Å²) < 4.78 is 1.81. The second-order valence-electron chi connectivity index (χ2n) is 8.49. The van der Waals surface area contributed by atoms with Crippen LogP contribution in [0.5, 0.6) is 0 Å². The first-order valence-corrected chi connectivity index (χ1v) is 11.1. The summed E-state index contributed by atoms with van der Waals surface area (Å²) in [5, 5.41) is 13.4. The molecule has 0 unspecified atom stereocenters. The van der Waals surface area contributed by atoms with Gasteiger partial charge in [0.25, 0.3) is 5.56 Å². The zero-order valence-corrected chi connectivity index (χ0v) is 18.4. The number of aliphatic hydroxyl groups is 1. The number of amides is 1. The van der Waals surface area contributed by atoms with Crippen molar-refractivity contribution in [3.8, 4) is 0 Å². The summed E-state index contributed by atoms with van der Waals surface area (Å²) in [6.07, 6.45) is 3.68. The van der Waals surface area contributed by atoms with E-state index in [-0.39, 0.29) is 42.1 Å². The van der Waals surface area contributed by atoms with E-state index in [4.69, 9.17) is 0 Å². The molecule has 0 radical (unpaired) electrons. The van der Waals surface area contributed by atoms with Crippen LogP contribution in [-0.2, 0) is 11.3 Å². The normalized spacial score (nSPS) is 26.1. The molecule has 0 saturated carbocycles. The maximum atomic E-state index is 13.5. The maximum Gasteiger partial charge on any atom is 0.258 e. The van der Waals surface area contributed by atoms with Crippen molar-refractivity contribution in [3.05, 3.63) is 75.7 Å². The summed E-state index contributed by atoms with van der Waals surface area (Å²) in [6, 6.07) is 13.3. The van der Waals surface area contributed by atoms with Crippen LogP contribution >= 0.6 is 0 Å². The number of hydrogen-bond acceptors (Lipinski definition) is 4. The summed E-state index contributed by atoms with van der Waals surface area (Å²) in [5.74, 6) is -0.709. The van der Waals surface area contributed by atoms with E-state index in [0.29, 0.717) is 12.1 Å². The van der Waals surface area contributed by atoms with Crippen molar-refractivity contribution in [1.29, 1.82) is 0 Å². The first kappa shape index (κ1) is 21.5. The molecule has 6 nitrogen and oxygen atoms in total. The van der Waals surface area contributed by atoms with Gasteiger partial charge in [-0.3, -0.25) is 14.5 Å². The molecule has 2 aliphatic heterocycles. The largest absolute Gasteiger partial charge is 0.396 e. The van der Waals surface area contributed by atoms with Crippen LogP contribution in [-0.4, -0.2) is 39.7 Å². The number of carbonyl (C=O) groups is 1. The zero-order valence-electron chi connectivity index (χ0n) is 18.4. The van der Waals surface area contributed by atoms with Gasteiger partial charge in [0.15, 0.2) is 0 Å². The summed E-state index contributed by atoms with van der Waals surface area (Å²) in [5.41, 5.74) is 2.52. The topological polar surface area (TPSA) is 74.6 Å². The number of hydrogen-bond donors (Lipinski definition) is 2. The molecule has 4 rings (SSSR count). The van der Waals surface area contributed by atoms with Crippen molar-refractivity contribution < 1.29 is 9.90 Å². The molecular formula is C25H31N3O3. The van der Waals surface area contributed by atoms with Crippen LogP contribution in [0.25, 0.3) is 6.08 Å². The van der Waals surface area contributed by atoms with E-state index in [0.717, 1.165) is 17.8 Å². The Kier molecular flexibility index (Phi) is 6.12. The minimum atomic E-state index is -0.415. The van der Waals surface area contributed by atoms with Crippen LogP contribution in [0.1, 0.15) is 49.7 Å². The Morgan fingerprint density at radius 2 is 2.00 bits per heavy atom. The lowest BCUT2D eigenvalue weighted by Gasteiger charge is -2.37. The Hall–Kier alpha value is -2.70. The highest BCUT2D eigenvalue weighted by Crippen LogP contribution is 2.48. The lowest BCUT2D eigenvalue weighted by molar-refractivity contribution is -0.128. The van der Waals surface area contributed by atoms with Crippen LogP contribution in [0.4, 0.5) is 0 Å². The van der Waals surface area contributed by atoms with Gasteiger partial charge in [-0.15, -0.1) is 0 Å². The third kappa shape index (κ3) is 3.64. The third-order valence-electron chi connectivity index (χ3n) is 6.87. The van der Waals surface area contributed by atoms with E-state index in [1.54, 1.807) is 0 Å². The number of likely N-dealkylation sites (N-methyl/N-ethyl adjacent to an activating group) is 1. The Labute approximate surface area is 183 Å². The summed E-state index contributed by atoms with van der Waals surface area (Å²) in [7, 11) is 0. The molecule has 2 bridgehead atoms. The van der Waals surface area contributed by atoms with Crippen LogP contribution < -0.4 is 10.9 Å². The van der Waals surface area contributed by atoms with E-state index in [1.165, 1.54) is 0 Å². The highest BCUT2D eigenvalue weighted by molar-refractivity contribution is 5.81. The van der Waals surface area contributed by atoms with Gasteiger partial charge in [-0.1, -0.05) is 49.4 Å². The van der Waals surface area contributed by atoms with Gasteiger partial charge in [-0.25, -0.2) is 0 Å². The van der Waals surface area contributed by atoms with Crippen molar-refractivity contribution in [3.63, 3.8) is 0 Å². The van der Waals surface area contributed by atoms with E-state index in [1.807, 2.05) is 73.0 Å². The van der Waals surface area contributed by atoms with Gasteiger partial charge < -0.3 is 15.0 Å². The standard InChI is InChI=1S/C25H31N3O3/c1-4-9-18-12-13-20-23-22(24(30)26-16(3)17-10-7-6-8-11-17)19(15-29)21(27(23)5-2)14-28(20)25(18)31/h4,6-13,16,19,21-23,29H,5,14-15H2,1-3H3,(H,26,30)/b9-4+/t16-,19-,21-,22+,23+/m0/s1. The molecule has 3 heterocycles. The predicted octanol–water partition coefficient (Wildman–Crippen LogP) is 2.74. The number of benzene rings is 1. The smallest absolute Gasteiger partial charge is 0.258 e. The van der Waals surface area contributed by atoms with Crippen molar-refractivity contribution in [1.82, 2.24) is 14.8 Å². The van der Waals surface area contributed by atoms with Crippen molar-refractivity contribution in [2.45, 2.75) is 45.4 Å². The molecule has 1 amide bonds. The second kappa shape index (κ2) is 8.81. The fourth-order valence-corrected chi connectivity index (χ4v) is 5.41. The van der Waals surface area contributed by atoms with Gasteiger partial charge in [0.1, 0.15) is 0 Å². The maximum absolute atomic E-state index is 13.5. The quantitative estimate of drug-likeness (QED) is 0.752. The Bertz CT molecular complexity index is 1030. The Morgan fingerprint density at radius 1 is 1.26 bits per heavy atom. The van der Waals surface area contributed by atoms with Crippen molar-refractivity contribution in [2.75, 3.05) is 13.2 Å². The van der Waals surface area contributed by atoms with E-state index >= 15 is 0 Å². The van der Waals surface area contributed by atoms with Crippen molar-refractivity contribution in [2.24, 2.45) is 11.8 Å². The number of rotatable bonds is 6. The number of carbonyl (C=O) groups excluding carboxylic acids is 1. The molecule has 31 heavy (non-hydrogen) atoms. The Morgan fingerprint density at radius 3 is 2.65 bits per heavy atom. The number of pyridine rings is 1. The average molecular weight is 422 g/mol. The summed E-state index contributed by atoms with van der Waals surface area (Å²) in [4.78, 5) is 28.9. The molecule has 0 aliphatic carbocycles. The van der Waals surface area contributed by atoms with E-state index < -0.39 is 5.92 Å². The summed E-state index contributed by atoms with van der Waals surface area (Å²) in [6.45, 7) is 7.11. The minimum Gasteiger partial charge on any atom is -0.396 e. The average Bonchev–Trinajstić information content (AvgIpc) is 3.02. The van der Waals surface area contributed by atoms with E-state index in [2.05, 4.69) is 17.1 Å². The number of fused-ring (bicyclic) bond motifs is 4. The lowest BCUT2D eigenvalue weighted by atomic mass is 9.86. The van der Waals surface area contributed by atoms with Gasteiger partial charge >= 0.3 is 0 Å². The highest BCUT2D eigenvalue weighted by Gasteiger charge is 2.55. The predicted molar refractivity (Wildman–Crippen MR) is 121 cm³/mol. The van der Waals surface area contributed by atoms with Crippen LogP contribution in [0.2, 0.25) is 0 Å². The number of allylic oxidation sites excluding steroid dienone is 1. The summed E-state index contributed by atoms with van der Waals surface area (Å²) >= 11 is 0. The molecule has 5 atom stereocenters. The molecule has 1 fully saturated rings. The molecule has 1 aromatic carbocycles. The minimum absolute atomic E-state index is 0.0308. The first-order valence-electron chi connectivity index (χ1n) is 11.1. The van der Waals surface area contributed by atoms with Gasteiger partial charge in [-0.2, -0.15) is 0 Å². The van der Waals surface area contributed by atoms with Crippen LogP contribution in [0.15, 0.2) is 53.3 Å². The molecule has 2 aliphatic rings. The first-order chi connectivity index (χ1) is 15.0. The van der Waals surface area contributed by atoms with Gasteiger partial charge in [0, 0.05) is 36.4 Å².